The monoisotopic (exact) mass is 371 g/mol. The van der Waals surface area contributed by atoms with Crippen LogP contribution in [0.1, 0.15) is 37.6 Å². The van der Waals surface area contributed by atoms with Crippen LogP contribution in [0.2, 0.25) is 0 Å². The van der Waals surface area contributed by atoms with Gasteiger partial charge in [0.05, 0.1) is 6.04 Å². The smallest absolute Gasteiger partial charge is 0.253 e. The maximum absolute atomic E-state index is 13.0. The number of carbonyl (C=O) groups excluding carboxylic acids is 2. The summed E-state index contributed by atoms with van der Waals surface area (Å²) in [6.07, 6.45) is 0.704. The van der Waals surface area contributed by atoms with Crippen molar-refractivity contribution in [3.05, 3.63) is 35.6 Å². The summed E-state index contributed by atoms with van der Waals surface area (Å²) in [6.45, 7) is 7.92. The molecule has 0 saturated carbocycles. The molecule has 7 heteroatoms. The molecule has 0 aromatic heterocycles. The van der Waals surface area contributed by atoms with E-state index in [0.29, 0.717) is 38.2 Å². The van der Waals surface area contributed by atoms with E-state index in [1.807, 2.05) is 20.8 Å². The van der Waals surface area contributed by atoms with Crippen molar-refractivity contribution >= 4 is 24.2 Å². The molecule has 1 atom stereocenters. The maximum Gasteiger partial charge on any atom is 0.253 e. The number of nitrogens with zero attached hydrogens (tertiary/aromatic N) is 2. The van der Waals surface area contributed by atoms with Gasteiger partial charge in [0.2, 0.25) is 5.91 Å². The maximum atomic E-state index is 13.0. The first kappa shape index (κ1) is 21.4. The van der Waals surface area contributed by atoms with Crippen LogP contribution in [-0.4, -0.2) is 53.8 Å². The topological polar surface area (TPSA) is 66.6 Å². The van der Waals surface area contributed by atoms with Crippen molar-refractivity contribution in [3.8, 4) is 0 Å². The number of amides is 2. The lowest BCUT2D eigenvalue weighted by Crippen LogP contribution is -2.51. The van der Waals surface area contributed by atoms with Gasteiger partial charge in [-0.15, -0.1) is 12.4 Å². The second-order valence-electron chi connectivity index (χ2n) is 7.32. The lowest BCUT2D eigenvalue weighted by molar-refractivity contribution is -0.134. The second-order valence-corrected chi connectivity index (χ2v) is 7.32. The molecule has 0 unspecified atom stereocenters. The van der Waals surface area contributed by atoms with Crippen LogP contribution in [0.3, 0.4) is 0 Å². The molecular weight excluding hydrogens is 345 g/mol. The summed E-state index contributed by atoms with van der Waals surface area (Å²) in [7, 11) is 0. The van der Waals surface area contributed by atoms with Gasteiger partial charge >= 0.3 is 0 Å². The lowest BCUT2D eigenvalue weighted by atomic mass is 9.86. The van der Waals surface area contributed by atoms with E-state index in [1.54, 1.807) is 9.80 Å². The number of halogens is 2. The second kappa shape index (κ2) is 8.63. The highest BCUT2D eigenvalue weighted by molar-refractivity contribution is 5.94. The Kier molecular flexibility index (Phi) is 7.38. The molecule has 1 fully saturated rings. The van der Waals surface area contributed by atoms with Gasteiger partial charge in [-0.05, 0) is 36.1 Å². The van der Waals surface area contributed by atoms with Crippen molar-refractivity contribution in [2.24, 2.45) is 11.1 Å². The summed E-state index contributed by atoms with van der Waals surface area (Å²) in [6, 6.07) is 4.98. The first-order valence-electron chi connectivity index (χ1n) is 8.29. The Balaban J connectivity index is 0.00000312. The van der Waals surface area contributed by atoms with E-state index < -0.39 is 6.04 Å². The van der Waals surface area contributed by atoms with Crippen molar-refractivity contribution in [3.63, 3.8) is 0 Å². The van der Waals surface area contributed by atoms with Crippen LogP contribution in [-0.2, 0) is 4.79 Å². The fourth-order valence-electron chi connectivity index (χ4n) is 2.68. The molecule has 1 heterocycles. The van der Waals surface area contributed by atoms with Gasteiger partial charge in [-0.25, -0.2) is 4.39 Å². The van der Waals surface area contributed by atoms with Crippen molar-refractivity contribution < 1.29 is 14.0 Å². The largest absolute Gasteiger partial charge is 0.339 e. The van der Waals surface area contributed by atoms with E-state index in [9.17, 15) is 14.0 Å². The SMILES string of the molecule is CC(C)(C)[C@H](N)C(=O)N1CCCN(C(=O)c2ccc(F)cc2)CC1.Cl. The van der Waals surface area contributed by atoms with Gasteiger partial charge in [-0.1, -0.05) is 20.8 Å². The van der Waals surface area contributed by atoms with Gasteiger partial charge in [-0.3, -0.25) is 9.59 Å². The number of hydrogen-bond acceptors (Lipinski definition) is 3. The third kappa shape index (κ3) is 5.41. The van der Waals surface area contributed by atoms with Gasteiger partial charge in [0.1, 0.15) is 5.82 Å². The predicted molar refractivity (Wildman–Crippen MR) is 98.2 cm³/mol. The van der Waals surface area contributed by atoms with Crippen molar-refractivity contribution in [2.45, 2.75) is 33.2 Å². The molecule has 2 amide bonds. The Hall–Kier alpha value is -1.66. The van der Waals surface area contributed by atoms with Gasteiger partial charge < -0.3 is 15.5 Å². The van der Waals surface area contributed by atoms with Gasteiger partial charge in [0.25, 0.3) is 5.91 Å². The molecule has 1 aliphatic rings. The van der Waals surface area contributed by atoms with E-state index in [2.05, 4.69) is 0 Å². The molecule has 25 heavy (non-hydrogen) atoms. The van der Waals surface area contributed by atoms with Crippen LogP contribution in [0, 0.1) is 11.2 Å². The quantitative estimate of drug-likeness (QED) is 0.867. The van der Waals surface area contributed by atoms with Crippen molar-refractivity contribution in [2.75, 3.05) is 26.2 Å². The Morgan fingerprint density at radius 3 is 2.12 bits per heavy atom. The summed E-state index contributed by atoms with van der Waals surface area (Å²) in [4.78, 5) is 28.5. The fourth-order valence-corrected chi connectivity index (χ4v) is 2.68. The van der Waals surface area contributed by atoms with Crippen LogP contribution in [0.15, 0.2) is 24.3 Å². The molecule has 2 N–H and O–H groups in total. The minimum Gasteiger partial charge on any atom is -0.339 e. The molecule has 1 aromatic carbocycles. The number of rotatable bonds is 2. The summed E-state index contributed by atoms with van der Waals surface area (Å²) in [5.74, 6) is -0.571. The van der Waals surface area contributed by atoms with Crippen LogP contribution in [0.4, 0.5) is 4.39 Å². The average molecular weight is 372 g/mol. The van der Waals surface area contributed by atoms with Crippen molar-refractivity contribution in [1.82, 2.24) is 9.80 Å². The van der Waals surface area contributed by atoms with E-state index >= 15 is 0 Å². The third-order valence-electron chi connectivity index (χ3n) is 4.39. The predicted octanol–water partition coefficient (Wildman–Crippen LogP) is 2.30. The highest BCUT2D eigenvalue weighted by Crippen LogP contribution is 2.20. The molecule has 1 aliphatic heterocycles. The molecule has 0 aliphatic carbocycles. The first-order valence-corrected chi connectivity index (χ1v) is 8.29. The molecule has 5 nitrogen and oxygen atoms in total. The Morgan fingerprint density at radius 2 is 1.56 bits per heavy atom. The minimum absolute atomic E-state index is 0. The third-order valence-corrected chi connectivity index (χ3v) is 4.39. The highest BCUT2D eigenvalue weighted by atomic mass is 35.5. The van der Waals surface area contributed by atoms with Crippen molar-refractivity contribution in [1.29, 1.82) is 0 Å². The molecule has 2 rings (SSSR count). The zero-order chi connectivity index (χ0) is 17.9. The van der Waals surface area contributed by atoms with E-state index in [1.165, 1.54) is 24.3 Å². The van der Waals surface area contributed by atoms with Crippen LogP contribution in [0.5, 0.6) is 0 Å². The van der Waals surface area contributed by atoms with Gasteiger partial charge in [0.15, 0.2) is 0 Å². The van der Waals surface area contributed by atoms with Gasteiger partial charge in [0, 0.05) is 31.7 Å². The Bertz CT molecular complexity index is 601. The standard InChI is InChI=1S/C18H26FN3O2.ClH/c1-18(2,3)15(20)17(24)22-10-4-9-21(11-12-22)16(23)13-5-7-14(19)8-6-13;/h5-8,15H,4,9-12,20H2,1-3H3;1H/t15-;/m1./s1. The van der Waals surface area contributed by atoms with Crippen LogP contribution >= 0.6 is 12.4 Å². The molecule has 0 radical (unpaired) electrons. The lowest BCUT2D eigenvalue weighted by Gasteiger charge is -2.31. The zero-order valence-corrected chi connectivity index (χ0v) is 15.8. The molecule has 140 valence electrons. The summed E-state index contributed by atoms with van der Waals surface area (Å²) in [5.41, 5.74) is 6.23. The Morgan fingerprint density at radius 1 is 1.04 bits per heavy atom. The number of hydrogen-bond donors (Lipinski definition) is 1. The number of nitrogens with two attached hydrogens (primary N) is 1. The molecule has 0 spiro atoms. The Labute approximate surface area is 154 Å². The van der Waals surface area contributed by atoms with Crippen LogP contribution in [0.25, 0.3) is 0 Å². The molecular formula is C18H27ClFN3O2. The fraction of sp³-hybridized carbons (Fsp3) is 0.556. The minimum atomic E-state index is -0.558. The first-order chi connectivity index (χ1) is 11.2. The average Bonchev–Trinajstić information content (AvgIpc) is 2.78. The molecule has 0 bridgehead atoms. The summed E-state index contributed by atoms with van der Waals surface area (Å²) >= 11 is 0. The van der Waals surface area contributed by atoms with E-state index in [0.717, 1.165) is 0 Å². The van der Waals surface area contributed by atoms with Crippen LogP contribution < -0.4 is 5.73 Å². The number of benzene rings is 1. The number of carbonyl (C=O) groups is 2. The summed E-state index contributed by atoms with van der Waals surface area (Å²) < 4.78 is 13.0. The zero-order valence-electron chi connectivity index (χ0n) is 15.0. The normalized spacial score (nSPS) is 16.7. The van der Waals surface area contributed by atoms with Gasteiger partial charge in [-0.2, -0.15) is 0 Å². The van der Waals surface area contributed by atoms with E-state index in [-0.39, 0.29) is 35.5 Å². The molecule has 1 saturated heterocycles. The van der Waals surface area contributed by atoms with E-state index in [4.69, 9.17) is 5.73 Å². The summed E-state index contributed by atoms with van der Waals surface area (Å²) in [5, 5.41) is 0. The molecule has 1 aromatic rings. The highest BCUT2D eigenvalue weighted by Gasteiger charge is 2.32.